The van der Waals surface area contributed by atoms with Gasteiger partial charge in [-0.1, -0.05) is 36.2 Å². The number of fused-ring (bicyclic) bond motifs is 1. The van der Waals surface area contributed by atoms with Crippen molar-refractivity contribution in [1.29, 1.82) is 0 Å². The maximum atomic E-state index is 12.4. The van der Waals surface area contributed by atoms with Gasteiger partial charge in [0.05, 0.1) is 10.6 Å². The molecule has 0 atom stereocenters. The number of halogens is 2. The zero-order valence-corrected chi connectivity index (χ0v) is 18.6. The fourth-order valence-electron chi connectivity index (χ4n) is 3.19. The van der Waals surface area contributed by atoms with Crippen molar-refractivity contribution in [2.75, 3.05) is 11.9 Å². The van der Waals surface area contributed by atoms with Gasteiger partial charge in [0.1, 0.15) is 11.3 Å². The standard InChI is InChI=1S/C24H20Cl2N2O3/c1-3-15-4-8-22-20(11-15)28-24(31-22)18-12-17(6-7-19(18)26)27-23(29)13-30-21-9-5-16(25)10-14(21)2/h4-12H,3,13H2,1-2H3,(H,27,29). The summed E-state index contributed by atoms with van der Waals surface area (Å²) in [6.45, 7) is 3.82. The Morgan fingerprint density at radius 2 is 1.94 bits per heavy atom. The van der Waals surface area contributed by atoms with E-state index in [1.807, 2.05) is 25.1 Å². The van der Waals surface area contributed by atoms with Crippen LogP contribution in [-0.4, -0.2) is 17.5 Å². The molecule has 0 saturated carbocycles. The van der Waals surface area contributed by atoms with E-state index in [0.29, 0.717) is 38.5 Å². The maximum Gasteiger partial charge on any atom is 0.262 e. The van der Waals surface area contributed by atoms with Crippen molar-refractivity contribution in [3.8, 4) is 17.2 Å². The average Bonchev–Trinajstić information content (AvgIpc) is 3.17. The van der Waals surface area contributed by atoms with Gasteiger partial charge in [-0.25, -0.2) is 4.98 Å². The van der Waals surface area contributed by atoms with Gasteiger partial charge in [0, 0.05) is 10.7 Å². The first-order chi connectivity index (χ1) is 14.9. The lowest BCUT2D eigenvalue weighted by atomic mass is 10.1. The Balaban J connectivity index is 1.50. The number of hydrogen-bond donors (Lipinski definition) is 1. The third kappa shape index (κ3) is 4.84. The fraction of sp³-hybridized carbons (Fsp3) is 0.167. The summed E-state index contributed by atoms with van der Waals surface area (Å²) in [5.74, 6) is 0.708. The lowest BCUT2D eigenvalue weighted by molar-refractivity contribution is -0.118. The molecule has 0 unspecified atom stereocenters. The van der Waals surface area contributed by atoms with Gasteiger partial charge in [-0.3, -0.25) is 4.79 Å². The molecule has 4 aromatic rings. The van der Waals surface area contributed by atoms with Crippen molar-refractivity contribution in [2.24, 2.45) is 0 Å². The monoisotopic (exact) mass is 454 g/mol. The Labute approximate surface area is 189 Å². The van der Waals surface area contributed by atoms with E-state index in [9.17, 15) is 4.79 Å². The van der Waals surface area contributed by atoms with E-state index in [2.05, 4.69) is 17.2 Å². The minimum Gasteiger partial charge on any atom is -0.483 e. The molecule has 0 aliphatic carbocycles. The van der Waals surface area contributed by atoms with Gasteiger partial charge in [-0.05, 0) is 73.0 Å². The summed E-state index contributed by atoms with van der Waals surface area (Å²) in [6, 6.07) is 16.3. The number of aromatic nitrogens is 1. The molecule has 0 fully saturated rings. The Morgan fingerprint density at radius 1 is 1.10 bits per heavy atom. The highest BCUT2D eigenvalue weighted by Crippen LogP contribution is 2.32. The van der Waals surface area contributed by atoms with Crippen LogP contribution < -0.4 is 10.1 Å². The second-order valence-corrected chi connectivity index (χ2v) is 7.96. The molecule has 1 amide bonds. The molecule has 31 heavy (non-hydrogen) atoms. The minimum atomic E-state index is -0.298. The van der Waals surface area contributed by atoms with Crippen molar-refractivity contribution in [3.05, 3.63) is 75.8 Å². The fourth-order valence-corrected chi connectivity index (χ4v) is 3.62. The van der Waals surface area contributed by atoms with Crippen LogP contribution in [0.25, 0.3) is 22.6 Å². The van der Waals surface area contributed by atoms with Crippen LogP contribution in [0.3, 0.4) is 0 Å². The number of ether oxygens (including phenoxy) is 1. The summed E-state index contributed by atoms with van der Waals surface area (Å²) in [6.07, 6.45) is 0.915. The number of nitrogens with zero attached hydrogens (tertiary/aromatic N) is 1. The molecule has 1 heterocycles. The number of hydrogen-bond acceptors (Lipinski definition) is 4. The smallest absolute Gasteiger partial charge is 0.262 e. The number of carbonyl (C=O) groups excluding carboxylic acids is 1. The van der Waals surface area contributed by atoms with E-state index in [1.165, 1.54) is 5.56 Å². The van der Waals surface area contributed by atoms with Gasteiger partial charge >= 0.3 is 0 Å². The SMILES string of the molecule is CCc1ccc2oc(-c3cc(NC(=O)COc4ccc(Cl)cc4C)ccc3Cl)nc2c1. The summed E-state index contributed by atoms with van der Waals surface area (Å²) in [4.78, 5) is 16.9. The third-order valence-electron chi connectivity index (χ3n) is 4.84. The van der Waals surface area contributed by atoms with Gasteiger partial charge in [0.15, 0.2) is 12.2 Å². The lowest BCUT2D eigenvalue weighted by Crippen LogP contribution is -2.20. The van der Waals surface area contributed by atoms with Crippen LogP contribution in [0.5, 0.6) is 5.75 Å². The summed E-state index contributed by atoms with van der Waals surface area (Å²) in [7, 11) is 0. The van der Waals surface area contributed by atoms with Gasteiger partial charge in [0.25, 0.3) is 5.91 Å². The van der Waals surface area contributed by atoms with Crippen LogP contribution in [0.15, 0.2) is 59.0 Å². The number of oxazole rings is 1. The predicted octanol–water partition coefficient (Wildman–Crippen LogP) is 6.69. The van der Waals surface area contributed by atoms with E-state index >= 15 is 0 Å². The first-order valence-corrected chi connectivity index (χ1v) is 10.6. The normalized spacial score (nSPS) is 11.0. The average molecular weight is 455 g/mol. The number of benzene rings is 3. The van der Waals surface area contributed by atoms with E-state index in [0.717, 1.165) is 17.5 Å². The largest absolute Gasteiger partial charge is 0.483 e. The lowest BCUT2D eigenvalue weighted by Gasteiger charge is -2.10. The van der Waals surface area contributed by atoms with E-state index in [1.54, 1.807) is 36.4 Å². The van der Waals surface area contributed by atoms with Gasteiger partial charge in [-0.2, -0.15) is 0 Å². The van der Waals surface area contributed by atoms with Crippen molar-refractivity contribution >= 4 is 45.9 Å². The van der Waals surface area contributed by atoms with Crippen LogP contribution in [0, 0.1) is 6.92 Å². The number of amides is 1. The van der Waals surface area contributed by atoms with Crippen molar-refractivity contribution in [1.82, 2.24) is 4.98 Å². The molecular weight excluding hydrogens is 435 g/mol. The summed E-state index contributed by atoms with van der Waals surface area (Å²) >= 11 is 12.3. The third-order valence-corrected chi connectivity index (χ3v) is 5.40. The Morgan fingerprint density at radius 3 is 2.71 bits per heavy atom. The van der Waals surface area contributed by atoms with Crippen LogP contribution in [0.2, 0.25) is 10.0 Å². The molecular formula is C24H20Cl2N2O3. The molecule has 7 heteroatoms. The molecule has 0 bridgehead atoms. The number of nitrogens with one attached hydrogen (secondary N) is 1. The molecule has 1 N–H and O–H groups in total. The maximum absolute atomic E-state index is 12.4. The van der Waals surface area contributed by atoms with Crippen LogP contribution in [0.1, 0.15) is 18.1 Å². The zero-order valence-electron chi connectivity index (χ0n) is 17.0. The molecule has 158 valence electrons. The second-order valence-electron chi connectivity index (χ2n) is 7.12. The molecule has 0 aliphatic rings. The molecule has 4 rings (SSSR count). The van der Waals surface area contributed by atoms with E-state index in [4.69, 9.17) is 32.4 Å². The topological polar surface area (TPSA) is 64.4 Å². The van der Waals surface area contributed by atoms with Crippen LogP contribution in [0.4, 0.5) is 5.69 Å². The summed E-state index contributed by atoms with van der Waals surface area (Å²) in [5, 5.41) is 3.91. The molecule has 5 nitrogen and oxygen atoms in total. The Bertz CT molecular complexity index is 1270. The first kappa shape index (κ1) is 21.2. The van der Waals surface area contributed by atoms with Crippen molar-refractivity contribution < 1.29 is 13.9 Å². The molecule has 0 radical (unpaired) electrons. The molecule has 3 aromatic carbocycles. The number of aryl methyl sites for hydroxylation is 2. The van der Waals surface area contributed by atoms with Gasteiger partial charge in [0.2, 0.25) is 5.89 Å². The number of rotatable bonds is 6. The van der Waals surface area contributed by atoms with Gasteiger partial charge < -0.3 is 14.5 Å². The minimum absolute atomic E-state index is 0.136. The number of carbonyl (C=O) groups is 1. The number of anilines is 1. The highest BCUT2D eigenvalue weighted by Gasteiger charge is 2.14. The van der Waals surface area contributed by atoms with Gasteiger partial charge in [-0.15, -0.1) is 0 Å². The molecule has 0 saturated heterocycles. The van der Waals surface area contributed by atoms with E-state index < -0.39 is 0 Å². The Kier molecular flexibility index (Phi) is 6.16. The summed E-state index contributed by atoms with van der Waals surface area (Å²) < 4.78 is 11.5. The Hall–Kier alpha value is -3.02. The highest BCUT2D eigenvalue weighted by molar-refractivity contribution is 6.33. The highest BCUT2D eigenvalue weighted by atomic mass is 35.5. The van der Waals surface area contributed by atoms with Crippen LogP contribution in [-0.2, 0) is 11.2 Å². The molecule has 1 aromatic heterocycles. The van der Waals surface area contributed by atoms with Crippen molar-refractivity contribution in [2.45, 2.75) is 20.3 Å². The summed E-state index contributed by atoms with van der Waals surface area (Å²) in [5.41, 5.74) is 4.66. The predicted molar refractivity (Wildman–Crippen MR) is 124 cm³/mol. The van der Waals surface area contributed by atoms with Crippen LogP contribution >= 0.6 is 23.2 Å². The van der Waals surface area contributed by atoms with Crippen molar-refractivity contribution in [3.63, 3.8) is 0 Å². The molecule has 0 aliphatic heterocycles. The molecule has 0 spiro atoms. The first-order valence-electron chi connectivity index (χ1n) is 9.81. The quantitative estimate of drug-likeness (QED) is 0.352. The second kappa shape index (κ2) is 9.00. The zero-order chi connectivity index (χ0) is 22.0. The van der Waals surface area contributed by atoms with E-state index in [-0.39, 0.29) is 12.5 Å².